The summed E-state index contributed by atoms with van der Waals surface area (Å²) >= 11 is 6.61. The number of rotatable bonds is 5. The minimum absolute atomic E-state index is 0.332. The molecule has 160 valence electrons. The van der Waals surface area contributed by atoms with Gasteiger partial charge in [0.25, 0.3) is 0 Å². The van der Waals surface area contributed by atoms with Gasteiger partial charge in [-0.1, -0.05) is 12.1 Å². The van der Waals surface area contributed by atoms with E-state index in [0.29, 0.717) is 5.56 Å². The fraction of sp³-hybridized carbons (Fsp3) is 0. The van der Waals surface area contributed by atoms with Gasteiger partial charge in [0, 0.05) is 5.39 Å². The maximum absolute atomic E-state index is 12.5. The molecule has 4 heterocycles. The quantitative estimate of drug-likeness (QED) is 0.256. The normalized spacial score (nSPS) is 11.3. The molecule has 0 unspecified atom stereocenters. The zero-order valence-corrected chi connectivity index (χ0v) is 20.4. The fourth-order valence-electron chi connectivity index (χ4n) is 4.51. The first-order chi connectivity index (χ1) is 16.2. The van der Waals surface area contributed by atoms with E-state index in [0.717, 1.165) is 55.3 Å². The molecule has 0 spiro atoms. The Labute approximate surface area is 206 Å². The van der Waals surface area contributed by atoms with Crippen molar-refractivity contribution in [3.8, 4) is 44.5 Å². The molecule has 0 saturated carbocycles. The molecule has 0 saturated heterocycles. The molecule has 0 fully saturated rings. The minimum atomic E-state index is -0.909. The molecule has 4 aromatic heterocycles. The molecule has 0 atom stereocenters. The van der Waals surface area contributed by atoms with Crippen LogP contribution in [0.4, 0.5) is 0 Å². The second kappa shape index (κ2) is 8.39. The number of carbonyl (C=O) groups is 1. The molecule has 33 heavy (non-hydrogen) atoms. The largest absolute Gasteiger partial charge is 0.478 e. The minimum Gasteiger partial charge on any atom is -0.478 e. The summed E-state index contributed by atoms with van der Waals surface area (Å²) < 4.78 is 0. The van der Waals surface area contributed by atoms with E-state index in [1.807, 2.05) is 6.07 Å². The second-order valence-electron chi connectivity index (χ2n) is 7.58. The maximum atomic E-state index is 12.5. The third-order valence-corrected chi connectivity index (χ3v) is 8.54. The summed E-state index contributed by atoms with van der Waals surface area (Å²) in [6.45, 7) is 0. The van der Waals surface area contributed by atoms with Crippen LogP contribution < -0.4 is 0 Å². The Bertz CT molecular complexity index is 1560. The van der Waals surface area contributed by atoms with E-state index >= 15 is 0 Å². The van der Waals surface area contributed by atoms with E-state index < -0.39 is 5.97 Å². The van der Waals surface area contributed by atoms with Gasteiger partial charge in [0.15, 0.2) is 0 Å². The van der Waals surface area contributed by atoms with Crippen LogP contribution >= 0.6 is 45.3 Å². The Balaban J connectivity index is 1.94. The number of aromatic carboxylic acids is 1. The number of hydrogen-bond donors (Lipinski definition) is 1. The predicted molar refractivity (Wildman–Crippen MR) is 144 cm³/mol. The number of fused-ring (bicyclic) bond motifs is 1. The van der Waals surface area contributed by atoms with Crippen LogP contribution in [0.2, 0.25) is 0 Å². The topological polar surface area (TPSA) is 37.3 Å². The third-order valence-electron chi connectivity index (χ3n) is 5.80. The molecule has 0 aliphatic heterocycles. The molecule has 0 aliphatic rings. The predicted octanol–water partition coefficient (Wildman–Crippen LogP) is 9.45. The molecule has 0 amide bonds. The number of hydrogen-bond acceptors (Lipinski definition) is 5. The lowest BCUT2D eigenvalue weighted by Crippen LogP contribution is -2.02. The molecule has 0 aliphatic carbocycles. The van der Waals surface area contributed by atoms with E-state index in [2.05, 4.69) is 73.4 Å². The van der Waals surface area contributed by atoms with Crippen molar-refractivity contribution < 1.29 is 9.90 Å². The molecule has 6 aromatic rings. The Hall–Kier alpha value is -3.03. The van der Waals surface area contributed by atoms with Crippen molar-refractivity contribution in [2.45, 2.75) is 0 Å². The summed E-state index contributed by atoms with van der Waals surface area (Å²) in [5, 5.41) is 28.9. The molecule has 2 nitrogen and oxygen atoms in total. The van der Waals surface area contributed by atoms with Crippen molar-refractivity contribution >= 4 is 62.1 Å². The average Bonchev–Trinajstić information content (AvgIpc) is 3.65. The highest BCUT2D eigenvalue weighted by Gasteiger charge is 2.27. The van der Waals surface area contributed by atoms with Gasteiger partial charge >= 0.3 is 5.97 Å². The van der Waals surface area contributed by atoms with Crippen LogP contribution in [0.5, 0.6) is 0 Å². The van der Waals surface area contributed by atoms with Gasteiger partial charge in [-0.15, -0.1) is 0 Å². The van der Waals surface area contributed by atoms with E-state index in [4.69, 9.17) is 0 Å². The van der Waals surface area contributed by atoms with Crippen molar-refractivity contribution in [1.29, 1.82) is 0 Å². The van der Waals surface area contributed by atoms with Gasteiger partial charge in [-0.25, -0.2) is 4.79 Å². The first-order valence-corrected chi connectivity index (χ1v) is 14.0. The average molecular weight is 501 g/mol. The monoisotopic (exact) mass is 500 g/mol. The van der Waals surface area contributed by atoms with E-state index in [1.54, 1.807) is 51.4 Å². The van der Waals surface area contributed by atoms with Crippen LogP contribution in [0, 0.1) is 0 Å². The molecular weight excluding hydrogens is 485 g/mol. The Morgan fingerprint density at radius 3 is 1.48 bits per heavy atom. The first kappa shape index (κ1) is 20.6. The summed E-state index contributed by atoms with van der Waals surface area (Å²) in [6.07, 6.45) is 0. The number of thiophene rings is 4. The molecule has 6 rings (SSSR count). The summed E-state index contributed by atoms with van der Waals surface area (Å²) in [4.78, 5) is 12.5. The highest BCUT2D eigenvalue weighted by atomic mass is 32.1. The first-order valence-electron chi connectivity index (χ1n) is 10.2. The van der Waals surface area contributed by atoms with Crippen LogP contribution in [0.25, 0.3) is 55.3 Å². The molecule has 0 radical (unpaired) electrons. The van der Waals surface area contributed by atoms with Crippen molar-refractivity contribution in [1.82, 2.24) is 0 Å². The lowest BCUT2D eigenvalue weighted by Gasteiger charge is -2.23. The van der Waals surface area contributed by atoms with Crippen LogP contribution in [0.3, 0.4) is 0 Å². The van der Waals surface area contributed by atoms with Gasteiger partial charge < -0.3 is 5.11 Å². The molecular formula is C27H16O2S4. The fourth-order valence-corrected chi connectivity index (χ4v) is 7.10. The molecule has 1 N–H and O–H groups in total. The van der Waals surface area contributed by atoms with Crippen LogP contribution in [0.1, 0.15) is 10.4 Å². The van der Waals surface area contributed by atoms with Crippen molar-refractivity contribution in [2.75, 3.05) is 0 Å². The van der Waals surface area contributed by atoms with Gasteiger partial charge in [0.2, 0.25) is 0 Å². The highest BCUT2D eigenvalue weighted by molar-refractivity contribution is 7.09. The molecule has 2 aromatic carbocycles. The Morgan fingerprint density at radius 1 is 0.576 bits per heavy atom. The van der Waals surface area contributed by atoms with Gasteiger partial charge in [0.1, 0.15) is 0 Å². The van der Waals surface area contributed by atoms with Gasteiger partial charge in [-0.3, -0.25) is 0 Å². The zero-order chi connectivity index (χ0) is 22.4. The van der Waals surface area contributed by atoms with Crippen LogP contribution in [-0.4, -0.2) is 11.1 Å². The lowest BCUT2D eigenvalue weighted by atomic mass is 9.79. The molecule has 0 bridgehead atoms. The van der Waals surface area contributed by atoms with Crippen LogP contribution in [0.15, 0.2) is 85.5 Å². The maximum Gasteiger partial charge on any atom is 0.336 e. The Morgan fingerprint density at radius 2 is 1.03 bits per heavy atom. The van der Waals surface area contributed by atoms with E-state index in [9.17, 15) is 9.90 Å². The lowest BCUT2D eigenvalue weighted by molar-refractivity contribution is 0.0699. The van der Waals surface area contributed by atoms with Crippen LogP contribution in [-0.2, 0) is 0 Å². The third kappa shape index (κ3) is 3.38. The van der Waals surface area contributed by atoms with Gasteiger partial charge in [-0.2, -0.15) is 45.3 Å². The van der Waals surface area contributed by atoms with E-state index in [1.165, 1.54) is 0 Å². The highest BCUT2D eigenvalue weighted by Crippen LogP contribution is 2.52. The Kier molecular flexibility index (Phi) is 5.23. The number of carboxylic acid groups (broad SMARTS) is 1. The molecule has 6 heteroatoms. The smallest absolute Gasteiger partial charge is 0.336 e. The summed E-state index contributed by atoms with van der Waals surface area (Å²) in [5.41, 5.74) is 9.09. The zero-order valence-electron chi connectivity index (χ0n) is 17.1. The van der Waals surface area contributed by atoms with Crippen molar-refractivity contribution in [3.63, 3.8) is 0 Å². The SMILES string of the molecule is O=C(O)c1cccc2c(-c3ccsc3)c(-c3ccsc3)c(-c3ccsc3)c(-c3ccsc3)c12. The summed E-state index contributed by atoms with van der Waals surface area (Å²) in [5.74, 6) is -0.909. The van der Waals surface area contributed by atoms with Crippen molar-refractivity contribution in [2.24, 2.45) is 0 Å². The van der Waals surface area contributed by atoms with Gasteiger partial charge in [0.05, 0.1) is 5.56 Å². The van der Waals surface area contributed by atoms with Gasteiger partial charge in [-0.05, 0) is 123 Å². The summed E-state index contributed by atoms with van der Waals surface area (Å²) in [6, 6.07) is 14.2. The van der Waals surface area contributed by atoms with Crippen molar-refractivity contribution in [3.05, 3.63) is 91.1 Å². The standard InChI is InChI=1S/C27H16O2S4/c28-27(29)21-3-1-2-20-22(16-4-8-30-12-16)23(17-5-9-31-13-17)24(18-6-10-32-14-18)25(26(20)21)19-7-11-33-15-19/h1-15H,(H,28,29). The number of benzene rings is 2. The van der Waals surface area contributed by atoms with E-state index in [-0.39, 0.29) is 0 Å². The second-order valence-corrected chi connectivity index (χ2v) is 10.7. The number of carboxylic acids is 1. The summed E-state index contributed by atoms with van der Waals surface area (Å²) in [7, 11) is 0.